The minimum Gasteiger partial charge on any atom is -0.465 e. The van der Waals surface area contributed by atoms with Crippen molar-refractivity contribution in [1.82, 2.24) is 9.78 Å². The van der Waals surface area contributed by atoms with Crippen LogP contribution in [0.3, 0.4) is 0 Å². The number of hydrogen-bond acceptors (Lipinski definition) is 7. The third-order valence-corrected chi connectivity index (χ3v) is 7.47. The van der Waals surface area contributed by atoms with Crippen LogP contribution in [0.1, 0.15) is 43.3 Å². The van der Waals surface area contributed by atoms with Gasteiger partial charge in [0.15, 0.2) is 6.61 Å². The number of methoxy groups -OCH3 is 1. The van der Waals surface area contributed by atoms with Crippen LogP contribution >= 0.6 is 11.3 Å². The third-order valence-electron chi connectivity index (χ3n) is 6.27. The number of fused-ring (bicyclic) bond motifs is 1. The van der Waals surface area contributed by atoms with E-state index in [2.05, 4.69) is 5.32 Å². The summed E-state index contributed by atoms with van der Waals surface area (Å²) in [6.45, 7) is 1.28. The molecule has 5 rings (SSSR count). The first-order valence-corrected chi connectivity index (χ1v) is 12.7. The van der Waals surface area contributed by atoms with E-state index >= 15 is 0 Å². The molecule has 1 aliphatic carbocycles. The second-order valence-electron chi connectivity index (χ2n) is 8.60. The Balaban J connectivity index is 1.38. The number of esters is 2. The molecule has 0 saturated heterocycles. The fraction of sp³-hybridized carbons (Fsp3) is 0.214. The molecule has 0 spiro atoms. The fourth-order valence-electron chi connectivity index (χ4n) is 4.54. The average Bonchev–Trinajstić information content (AvgIpc) is 3.61. The Bertz CT molecular complexity index is 1470. The van der Waals surface area contributed by atoms with Gasteiger partial charge < -0.3 is 14.8 Å². The Labute approximate surface area is 217 Å². The summed E-state index contributed by atoms with van der Waals surface area (Å²) in [4.78, 5) is 39.4. The number of rotatable bonds is 7. The van der Waals surface area contributed by atoms with E-state index in [9.17, 15) is 14.4 Å². The van der Waals surface area contributed by atoms with Crippen LogP contribution < -0.4 is 5.32 Å². The quantitative estimate of drug-likeness (QED) is 0.349. The Kier molecular flexibility index (Phi) is 6.87. The summed E-state index contributed by atoms with van der Waals surface area (Å²) in [7, 11) is 1.32. The zero-order valence-corrected chi connectivity index (χ0v) is 21.3. The van der Waals surface area contributed by atoms with E-state index in [1.807, 2.05) is 60.7 Å². The molecule has 1 aliphatic rings. The van der Waals surface area contributed by atoms with Gasteiger partial charge in [0, 0.05) is 10.4 Å². The van der Waals surface area contributed by atoms with Crippen molar-refractivity contribution < 1.29 is 23.9 Å². The van der Waals surface area contributed by atoms with Gasteiger partial charge in [-0.3, -0.25) is 4.79 Å². The maximum Gasteiger partial charge on any atom is 0.342 e. The largest absolute Gasteiger partial charge is 0.465 e. The molecular weight excluding hydrogens is 490 g/mol. The summed E-state index contributed by atoms with van der Waals surface area (Å²) in [5.41, 5.74) is 4.23. The molecule has 1 N–H and O–H groups in total. The minimum absolute atomic E-state index is 0.285. The van der Waals surface area contributed by atoms with Gasteiger partial charge in [0.05, 0.1) is 24.1 Å². The van der Waals surface area contributed by atoms with E-state index in [0.717, 1.165) is 41.0 Å². The van der Waals surface area contributed by atoms with Crippen LogP contribution in [-0.2, 0) is 27.1 Å². The lowest BCUT2D eigenvalue weighted by atomic mass is 10.1. The minimum atomic E-state index is -0.657. The van der Waals surface area contributed by atoms with Crippen LogP contribution in [0.15, 0.2) is 60.7 Å². The lowest BCUT2D eigenvalue weighted by molar-refractivity contribution is -0.119. The highest BCUT2D eigenvalue weighted by Gasteiger charge is 2.29. The molecule has 0 atom stereocenters. The standard InChI is InChI=1S/C28H25N3O5S/c1-17-23(25(18-10-5-3-6-11-18)30-31(17)19-12-7-4-8-13-19)28(34)36-16-22(32)29-26-24(27(33)35-2)20-14-9-15-21(20)37-26/h3-8,10-13H,9,14-16H2,1-2H3,(H,29,32). The van der Waals surface area contributed by atoms with Gasteiger partial charge in [-0.1, -0.05) is 48.5 Å². The molecule has 0 bridgehead atoms. The molecule has 37 heavy (non-hydrogen) atoms. The van der Waals surface area contributed by atoms with Crippen molar-refractivity contribution in [3.8, 4) is 16.9 Å². The van der Waals surface area contributed by atoms with E-state index in [4.69, 9.17) is 14.6 Å². The number of benzene rings is 2. The molecule has 2 aromatic carbocycles. The Morgan fingerprint density at radius 1 is 0.973 bits per heavy atom. The number of aromatic nitrogens is 2. The molecule has 2 aromatic heterocycles. The number of hydrogen-bond donors (Lipinski definition) is 1. The summed E-state index contributed by atoms with van der Waals surface area (Å²) < 4.78 is 12.1. The van der Waals surface area contributed by atoms with Crippen LogP contribution in [0.25, 0.3) is 16.9 Å². The van der Waals surface area contributed by atoms with E-state index in [1.165, 1.54) is 18.4 Å². The van der Waals surface area contributed by atoms with Crippen molar-refractivity contribution in [2.45, 2.75) is 26.2 Å². The fourth-order valence-corrected chi connectivity index (χ4v) is 5.84. The first-order chi connectivity index (χ1) is 18.0. The highest BCUT2D eigenvalue weighted by Crippen LogP contribution is 2.39. The van der Waals surface area contributed by atoms with Gasteiger partial charge in [-0.15, -0.1) is 11.3 Å². The maximum atomic E-state index is 13.3. The molecule has 9 heteroatoms. The zero-order valence-electron chi connectivity index (χ0n) is 20.4. The molecule has 4 aromatic rings. The van der Waals surface area contributed by atoms with Gasteiger partial charge in [0.1, 0.15) is 16.3 Å². The van der Waals surface area contributed by atoms with E-state index in [1.54, 1.807) is 11.6 Å². The van der Waals surface area contributed by atoms with Gasteiger partial charge >= 0.3 is 11.9 Å². The summed E-state index contributed by atoms with van der Waals surface area (Å²) in [6.07, 6.45) is 2.60. The van der Waals surface area contributed by atoms with Crippen molar-refractivity contribution >= 4 is 34.2 Å². The van der Waals surface area contributed by atoms with Crippen LogP contribution in [0.5, 0.6) is 0 Å². The van der Waals surface area contributed by atoms with Crippen LogP contribution in [-0.4, -0.2) is 41.3 Å². The van der Waals surface area contributed by atoms with Crippen molar-refractivity contribution in [3.63, 3.8) is 0 Å². The molecule has 0 saturated carbocycles. The predicted molar refractivity (Wildman–Crippen MR) is 140 cm³/mol. The van der Waals surface area contributed by atoms with Gasteiger partial charge in [-0.25, -0.2) is 14.3 Å². The second-order valence-corrected chi connectivity index (χ2v) is 9.70. The van der Waals surface area contributed by atoms with Crippen molar-refractivity contribution in [2.75, 3.05) is 19.0 Å². The SMILES string of the molecule is COC(=O)c1c(NC(=O)COC(=O)c2c(-c3ccccc3)nn(-c3ccccc3)c2C)sc2c1CCC2. The first-order valence-electron chi connectivity index (χ1n) is 11.9. The summed E-state index contributed by atoms with van der Waals surface area (Å²) in [5, 5.41) is 7.86. The number of amides is 1. The van der Waals surface area contributed by atoms with Crippen LogP contribution in [0.4, 0.5) is 5.00 Å². The summed E-state index contributed by atoms with van der Waals surface area (Å²) >= 11 is 1.37. The highest BCUT2D eigenvalue weighted by molar-refractivity contribution is 7.17. The number of anilines is 1. The zero-order chi connectivity index (χ0) is 25.9. The van der Waals surface area contributed by atoms with Crippen LogP contribution in [0, 0.1) is 6.92 Å². The molecule has 0 fully saturated rings. The van der Waals surface area contributed by atoms with Crippen molar-refractivity contribution in [1.29, 1.82) is 0 Å². The number of aryl methyl sites for hydroxylation is 1. The average molecular weight is 516 g/mol. The third kappa shape index (κ3) is 4.77. The van der Waals surface area contributed by atoms with Crippen molar-refractivity contribution in [3.05, 3.63) is 87.9 Å². The van der Waals surface area contributed by atoms with Gasteiger partial charge in [-0.2, -0.15) is 5.10 Å². The molecule has 0 unspecified atom stereocenters. The smallest absolute Gasteiger partial charge is 0.342 e. The summed E-state index contributed by atoms with van der Waals surface area (Å²) in [5.74, 6) is -1.67. The Morgan fingerprint density at radius 2 is 1.68 bits per heavy atom. The lowest BCUT2D eigenvalue weighted by Crippen LogP contribution is -2.22. The number of para-hydroxylation sites is 1. The number of nitrogens with zero attached hydrogens (tertiary/aromatic N) is 2. The molecule has 188 valence electrons. The Hall–Kier alpha value is -4.24. The molecule has 0 aliphatic heterocycles. The van der Waals surface area contributed by atoms with E-state index in [-0.39, 0.29) is 5.56 Å². The highest BCUT2D eigenvalue weighted by atomic mass is 32.1. The molecular formula is C28H25N3O5S. The van der Waals surface area contributed by atoms with Gasteiger partial charge in [-0.05, 0) is 43.9 Å². The number of carbonyl (C=O) groups excluding carboxylic acids is 3. The second kappa shape index (κ2) is 10.4. The van der Waals surface area contributed by atoms with E-state index < -0.39 is 24.5 Å². The number of thiophene rings is 1. The predicted octanol–water partition coefficient (Wildman–Crippen LogP) is 4.98. The van der Waals surface area contributed by atoms with Crippen molar-refractivity contribution in [2.24, 2.45) is 0 Å². The van der Waals surface area contributed by atoms with Crippen LogP contribution in [0.2, 0.25) is 0 Å². The topological polar surface area (TPSA) is 99.5 Å². The molecule has 8 nitrogen and oxygen atoms in total. The maximum absolute atomic E-state index is 13.3. The lowest BCUT2D eigenvalue weighted by Gasteiger charge is -2.09. The summed E-state index contributed by atoms with van der Waals surface area (Å²) in [6, 6.07) is 18.8. The monoisotopic (exact) mass is 515 g/mol. The number of carbonyl (C=O) groups is 3. The number of nitrogens with one attached hydrogen (secondary N) is 1. The van der Waals surface area contributed by atoms with Gasteiger partial charge in [0.2, 0.25) is 0 Å². The molecule has 0 radical (unpaired) electrons. The number of ether oxygens (including phenoxy) is 2. The molecule has 2 heterocycles. The normalized spacial score (nSPS) is 12.2. The van der Waals surface area contributed by atoms with E-state index in [0.29, 0.717) is 22.0 Å². The van der Waals surface area contributed by atoms with Gasteiger partial charge in [0.25, 0.3) is 5.91 Å². The molecule has 1 amide bonds. The first kappa shape index (κ1) is 24.5. The Morgan fingerprint density at radius 3 is 2.38 bits per heavy atom.